The van der Waals surface area contributed by atoms with Crippen molar-refractivity contribution in [2.24, 2.45) is 5.92 Å². The van der Waals surface area contributed by atoms with Crippen molar-refractivity contribution in [1.82, 2.24) is 4.31 Å². The molecule has 1 N–H and O–H groups in total. The van der Waals surface area contributed by atoms with Crippen molar-refractivity contribution in [3.8, 4) is 0 Å². The van der Waals surface area contributed by atoms with Gasteiger partial charge in [0.2, 0.25) is 10.0 Å². The monoisotopic (exact) mass is 427 g/mol. The van der Waals surface area contributed by atoms with Gasteiger partial charge >= 0.3 is 11.9 Å². The van der Waals surface area contributed by atoms with E-state index in [4.69, 9.17) is 4.74 Å². The lowest BCUT2D eigenvalue weighted by molar-refractivity contribution is -0.160. The maximum atomic E-state index is 12.4. The molecule has 0 bridgehead atoms. The van der Waals surface area contributed by atoms with Gasteiger partial charge in [0.1, 0.15) is 0 Å². The number of methoxy groups -OCH3 is 2. The third kappa shape index (κ3) is 5.63. The van der Waals surface area contributed by atoms with E-state index < -0.39 is 46.1 Å². The highest BCUT2D eigenvalue weighted by Gasteiger charge is 2.48. The molecule has 1 aliphatic heterocycles. The first kappa shape index (κ1) is 23.0. The lowest BCUT2D eigenvalue weighted by atomic mass is 10.0. The van der Waals surface area contributed by atoms with Crippen LogP contribution in [0.4, 0.5) is 0 Å². The van der Waals surface area contributed by atoms with E-state index in [1.165, 1.54) is 12.2 Å². The fourth-order valence-electron chi connectivity index (χ4n) is 3.19. The minimum absolute atomic E-state index is 0.149. The number of benzene rings is 1. The van der Waals surface area contributed by atoms with Gasteiger partial charge in [0.25, 0.3) is 0 Å². The molecular formula is C19H25NO8S. The molecule has 0 amide bonds. The van der Waals surface area contributed by atoms with Crippen molar-refractivity contribution in [3.63, 3.8) is 0 Å². The van der Waals surface area contributed by atoms with Crippen LogP contribution >= 0.6 is 0 Å². The Labute approximate surface area is 169 Å². The van der Waals surface area contributed by atoms with E-state index in [1.54, 1.807) is 0 Å². The van der Waals surface area contributed by atoms with E-state index >= 15 is 0 Å². The van der Waals surface area contributed by atoms with Crippen LogP contribution in [0.1, 0.15) is 5.56 Å². The summed E-state index contributed by atoms with van der Waals surface area (Å²) in [7, 11) is -1.73. The van der Waals surface area contributed by atoms with Crippen LogP contribution in [0.15, 0.2) is 42.5 Å². The van der Waals surface area contributed by atoms with Gasteiger partial charge in [-0.05, 0) is 5.56 Å². The summed E-state index contributed by atoms with van der Waals surface area (Å²) in [6.45, 7) is 0.0906. The summed E-state index contributed by atoms with van der Waals surface area (Å²) in [6.07, 6.45) is 2.53. The number of sulfonamides is 1. The normalized spacial score (nSPS) is 20.6. The molecule has 0 radical (unpaired) electrons. The zero-order chi connectivity index (χ0) is 21.6. The molecule has 2 rings (SSSR count). The molecule has 3 atom stereocenters. The van der Waals surface area contributed by atoms with Gasteiger partial charge in [-0.1, -0.05) is 42.5 Å². The Bertz CT molecular complexity index is 823. The van der Waals surface area contributed by atoms with Gasteiger partial charge in [-0.15, -0.1) is 0 Å². The number of esters is 2. The van der Waals surface area contributed by atoms with E-state index in [-0.39, 0.29) is 13.2 Å². The van der Waals surface area contributed by atoms with Crippen molar-refractivity contribution in [1.29, 1.82) is 0 Å². The number of carbonyl (C=O) groups is 2. The number of rotatable bonds is 9. The highest BCUT2D eigenvalue weighted by molar-refractivity contribution is 7.88. The minimum Gasteiger partial charge on any atom is -0.468 e. The zero-order valence-corrected chi connectivity index (χ0v) is 17.2. The molecule has 0 aromatic heterocycles. The molecule has 9 nitrogen and oxygen atoms in total. The summed E-state index contributed by atoms with van der Waals surface area (Å²) >= 11 is 0. The minimum atomic E-state index is -3.91. The zero-order valence-electron chi connectivity index (χ0n) is 16.4. The Morgan fingerprint density at radius 1 is 1.07 bits per heavy atom. The van der Waals surface area contributed by atoms with Crippen LogP contribution in [0.3, 0.4) is 0 Å². The molecule has 0 aliphatic carbocycles. The second-order valence-electron chi connectivity index (χ2n) is 6.55. The maximum absolute atomic E-state index is 12.4. The van der Waals surface area contributed by atoms with E-state index in [1.807, 2.05) is 30.3 Å². The first-order valence-electron chi connectivity index (χ1n) is 8.83. The van der Waals surface area contributed by atoms with Gasteiger partial charge in [-0.3, -0.25) is 9.59 Å². The molecule has 1 aromatic carbocycles. The van der Waals surface area contributed by atoms with Crippen molar-refractivity contribution < 1.29 is 37.3 Å². The van der Waals surface area contributed by atoms with Crippen LogP contribution in [0, 0.1) is 5.92 Å². The number of aliphatic hydroxyl groups is 1. The van der Waals surface area contributed by atoms with E-state index in [0.29, 0.717) is 0 Å². The van der Waals surface area contributed by atoms with Crippen molar-refractivity contribution in [2.45, 2.75) is 24.8 Å². The second-order valence-corrected chi connectivity index (χ2v) is 8.44. The standard InChI is InChI=1S/C19H25NO8S/c1-26-18(22)17(19(23)27-2)15-10-9-14(20(15)29(3,24)25)16(21)12-28-11-13-7-5-4-6-8-13/h4-10,14-17,21H,11-12H2,1-3H3/t14-,15+,16-/m1/s1. The van der Waals surface area contributed by atoms with Gasteiger partial charge in [0, 0.05) is 0 Å². The van der Waals surface area contributed by atoms with Crippen molar-refractivity contribution in [2.75, 3.05) is 27.1 Å². The van der Waals surface area contributed by atoms with E-state index in [0.717, 1.165) is 30.3 Å². The second kappa shape index (κ2) is 9.97. The molecular weight excluding hydrogens is 402 g/mol. The molecule has 0 saturated carbocycles. The van der Waals surface area contributed by atoms with Crippen molar-refractivity contribution in [3.05, 3.63) is 48.0 Å². The average Bonchev–Trinajstić information content (AvgIpc) is 3.13. The molecule has 29 heavy (non-hydrogen) atoms. The Balaban J connectivity index is 2.16. The average molecular weight is 427 g/mol. The van der Waals surface area contributed by atoms with Gasteiger partial charge in [-0.25, -0.2) is 8.42 Å². The largest absolute Gasteiger partial charge is 0.468 e. The quantitative estimate of drug-likeness (QED) is 0.335. The smallest absolute Gasteiger partial charge is 0.322 e. The van der Waals surface area contributed by atoms with Crippen LogP contribution in [0.2, 0.25) is 0 Å². The molecule has 10 heteroatoms. The number of carbonyl (C=O) groups excluding carboxylic acids is 2. The topological polar surface area (TPSA) is 119 Å². The van der Waals surface area contributed by atoms with Crippen LogP contribution in [-0.2, 0) is 40.4 Å². The third-order valence-electron chi connectivity index (χ3n) is 4.52. The Kier molecular flexibility index (Phi) is 7.91. The fraction of sp³-hybridized carbons (Fsp3) is 0.474. The number of nitrogens with zero attached hydrogens (tertiary/aromatic N) is 1. The van der Waals surface area contributed by atoms with Gasteiger partial charge in [-0.2, -0.15) is 4.31 Å². The predicted molar refractivity (Wildman–Crippen MR) is 103 cm³/mol. The van der Waals surface area contributed by atoms with Gasteiger partial charge < -0.3 is 19.3 Å². The summed E-state index contributed by atoms with van der Waals surface area (Å²) in [5.41, 5.74) is 0.899. The number of aliphatic hydroxyl groups excluding tert-OH is 1. The first-order valence-corrected chi connectivity index (χ1v) is 10.7. The summed E-state index contributed by atoms with van der Waals surface area (Å²) in [5, 5.41) is 10.5. The summed E-state index contributed by atoms with van der Waals surface area (Å²) < 4.78 is 40.5. The highest BCUT2D eigenvalue weighted by atomic mass is 32.2. The van der Waals surface area contributed by atoms with Gasteiger partial charge in [0.15, 0.2) is 5.92 Å². The molecule has 0 fully saturated rings. The number of hydrogen-bond acceptors (Lipinski definition) is 8. The molecule has 0 saturated heterocycles. The Hall–Kier alpha value is -2.27. The fourth-order valence-corrected chi connectivity index (χ4v) is 4.48. The number of hydrogen-bond donors (Lipinski definition) is 1. The molecule has 0 unspecified atom stereocenters. The SMILES string of the molecule is COC(=O)C(C(=O)OC)[C@@H]1C=C[C@H]([C@H](O)COCc2ccccc2)N1S(C)(=O)=O. The first-order chi connectivity index (χ1) is 13.7. The lowest BCUT2D eigenvalue weighted by Crippen LogP contribution is -2.53. The molecule has 160 valence electrons. The molecule has 0 spiro atoms. The summed E-state index contributed by atoms with van der Waals surface area (Å²) in [4.78, 5) is 24.2. The van der Waals surface area contributed by atoms with Crippen LogP contribution in [-0.4, -0.2) is 75.0 Å². The Morgan fingerprint density at radius 3 is 2.14 bits per heavy atom. The van der Waals surface area contributed by atoms with Crippen LogP contribution in [0.25, 0.3) is 0 Å². The van der Waals surface area contributed by atoms with E-state index in [9.17, 15) is 23.1 Å². The Morgan fingerprint density at radius 2 is 1.62 bits per heavy atom. The maximum Gasteiger partial charge on any atom is 0.322 e. The van der Waals surface area contributed by atoms with Crippen LogP contribution in [0.5, 0.6) is 0 Å². The van der Waals surface area contributed by atoms with E-state index in [2.05, 4.69) is 9.47 Å². The number of ether oxygens (including phenoxy) is 3. The molecule has 1 aliphatic rings. The lowest BCUT2D eigenvalue weighted by Gasteiger charge is -2.33. The third-order valence-corrected chi connectivity index (χ3v) is 5.78. The van der Waals surface area contributed by atoms with Gasteiger partial charge in [0.05, 0.1) is 51.9 Å². The molecule has 1 heterocycles. The molecule has 1 aromatic rings. The summed E-state index contributed by atoms with van der Waals surface area (Å²) in [5.74, 6) is -3.38. The summed E-state index contributed by atoms with van der Waals surface area (Å²) in [6, 6.07) is 7.09. The highest BCUT2D eigenvalue weighted by Crippen LogP contribution is 2.29. The predicted octanol–water partition coefficient (Wildman–Crippen LogP) is 0.0949. The van der Waals surface area contributed by atoms with Crippen molar-refractivity contribution >= 4 is 22.0 Å². The van der Waals surface area contributed by atoms with Crippen LogP contribution < -0.4 is 0 Å².